The molecule has 2 heterocycles. The van der Waals surface area contributed by atoms with Crippen molar-refractivity contribution in [3.8, 4) is 0 Å². The second kappa shape index (κ2) is 6.43. The molecule has 1 fully saturated rings. The van der Waals surface area contributed by atoms with Crippen molar-refractivity contribution in [1.29, 1.82) is 0 Å². The van der Waals surface area contributed by atoms with E-state index in [1.807, 2.05) is 12.3 Å². The maximum absolute atomic E-state index is 11.3. The van der Waals surface area contributed by atoms with Crippen LogP contribution in [0.3, 0.4) is 0 Å². The molecule has 2 rings (SSSR count). The fourth-order valence-corrected chi connectivity index (χ4v) is 2.59. The lowest BCUT2D eigenvalue weighted by molar-refractivity contribution is -0.122. The Morgan fingerprint density at radius 3 is 2.67 bits per heavy atom. The van der Waals surface area contributed by atoms with Crippen LogP contribution >= 0.6 is 0 Å². The Bertz CT molecular complexity index is 487. The van der Waals surface area contributed by atoms with Crippen molar-refractivity contribution in [3.05, 3.63) is 23.9 Å². The van der Waals surface area contributed by atoms with E-state index in [0.717, 1.165) is 38.3 Å². The Labute approximate surface area is 126 Å². The van der Waals surface area contributed by atoms with Crippen molar-refractivity contribution >= 4 is 11.7 Å². The van der Waals surface area contributed by atoms with E-state index in [9.17, 15) is 4.79 Å². The van der Waals surface area contributed by atoms with Crippen LogP contribution < -0.4 is 16.0 Å². The molecule has 5 nitrogen and oxygen atoms in total. The van der Waals surface area contributed by atoms with Gasteiger partial charge in [-0.05, 0) is 39.7 Å². The van der Waals surface area contributed by atoms with Crippen molar-refractivity contribution < 1.29 is 4.79 Å². The summed E-state index contributed by atoms with van der Waals surface area (Å²) >= 11 is 0. The molecule has 0 aromatic carbocycles. The predicted octanol–water partition coefficient (Wildman–Crippen LogP) is 1.67. The first-order valence-electron chi connectivity index (χ1n) is 7.60. The molecule has 21 heavy (non-hydrogen) atoms. The summed E-state index contributed by atoms with van der Waals surface area (Å²) in [5.41, 5.74) is 6.67. The number of carbonyl (C=O) groups excluding carboxylic acids is 1. The fraction of sp³-hybridized carbons (Fsp3) is 0.625. The topological polar surface area (TPSA) is 71.2 Å². The number of nitrogens with two attached hydrogens (primary N) is 1. The first kappa shape index (κ1) is 15.8. The maximum Gasteiger partial charge on any atom is 0.220 e. The van der Waals surface area contributed by atoms with Crippen LogP contribution in [0, 0.1) is 5.92 Å². The quantitative estimate of drug-likeness (QED) is 0.885. The standard InChI is InChI=1S/C16H26N4O/c1-16(2,3)19-11-13-5-4-8-18-15(13)20-9-6-12(7-10-20)14(17)21/h4-5,8,12,19H,6-7,9-11H2,1-3H3,(H2,17,21). The average Bonchev–Trinajstić information content (AvgIpc) is 2.45. The van der Waals surface area contributed by atoms with Gasteiger partial charge in [0.15, 0.2) is 0 Å². The van der Waals surface area contributed by atoms with Crippen molar-refractivity contribution in [2.24, 2.45) is 11.7 Å². The summed E-state index contributed by atoms with van der Waals surface area (Å²) in [5, 5.41) is 3.50. The molecule has 116 valence electrons. The third-order valence-corrected chi connectivity index (χ3v) is 3.87. The number of hydrogen-bond donors (Lipinski definition) is 2. The predicted molar refractivity (Wildman–Crippen MR) is 85.0 cm³/mol. The summed E-state index contributed by atoms with van der Waals surface area (Å²) in [4.78, 5) is 18.1. The molecule has 0 saturated carbocycles. The van der Waals surface area contributed by atoms with Gasteiger partial charge in [-0.2, -0.15) is 0 Å². The molecule has 3 N–H and O–H groups in total. The first-order valence-corrected chi connectivity index (χ1v) is 7.60. The molecule has 0 spiro atoms. The summed E-state index contributed by atoms with van der Waals surface area (Å²) in [6, 6.07) is 4.08. The van der Waals surface area contributed by atoms with Gasteiger partial charge in [0.2, 0.25) is 5.91 Å². The number of pyridine rings is 1. The van der Waals surface area contributed by atoms with Crippen molar-refractivity contribution in [2.45, 2.75) is 45.7 Å². The van der Waals surface area contributed by atoms with Crippen LogP contribution in [-0.4, -0.2) is 29.5 Å². The van der Waals surface area contributed by atoms with Gasteiger partial charge in [-0.3, -0.25) is 4.79 Å². The lowest BCUT2D eigenvalue weighted by atomic mass is 9.96. The van der Waals surface area contributed by atoms with Crippen LogP contribution in [0.1, 0.15) is 39.2 Å². The zero-order chi connectivity index (χ0) is 15.5. The summed E-state index contributed by atoms with van der Waals surface area (Å²) in [6.07, 6.45) is 3.46. The van der Waals surface area contributed by atoms with Gasteiger partial charge in [-0.15, -0.1) is 0 Å². The monoisotopic (exact) mass is 290 g/mol. The number of carbonyl (C=O) groups is 1. The number of amides is 1. The molecule has 0 aliphatic carbocycles. The van der Waals surface area contributed by atoms with Gasteiger partial charge in [0.05, 0.1) is 0 Å². The minimum Gasteiger partial charge on any atom is -0.369 e. The molecule has 1 amide bonds. The number of hydrogen-bond acceptors (Lipinski definition) is 4. The summed E-state index contributed by atoms with van der Waals surface area (Å²) in [6.45, 7) is 8.94. The summed E-state index contributed by atoms with van der Waals surface area (Å²) < 4.78 is 0. The zero-order valence-corrected chi connectivity index (χ0v) is 13.2. The van der Waals surface area contributed by atoms with Gasteiger partial charge in [0.1, 0.15) is 5.82 Å². The number of primary amides is 1. The fourth-order valence-electron chi connectivity index (χ4n) is 2.59. The largest absolute Gasteiger partial charge is 0.369 e. The minimum atomic E-state index is -0.176. The molecule has 1 aliphatic heterocycles. The molecule has 5 heteroatoms. The Morgan fingerprint density at radius 1 is 1.43 bits per heavy atom. The Kier molecular flexibility index (Phi) is 4.83. The Balaban J connectivity index is 2.05. The molecular formula is C16H26N4O. The van der Waals surface area contributed by atoms with Crippen molar-refractivity contribution in [3.63, 3.8) is 0 Å². The van der Waals surface area contributed by atoms with Crippen molar-refractivity contribution in [2.75, 3.05) is 18.0 Å². The van der Waals surface area contributed by atoms with E-state index in [2.05, 4.69) is 42.0 Å². The number of piperidine rings is 1. The van der Waals surface area contributed by atoms with Crippen LogP contribution in [-0.2, 0) is 11.3 Å². The van der Waals surface area contributed by atoms with Gasteiger partial charge in [0, 0.05) is 42.9 Å². The minimum absolute atomic E-state index is 0.0149. The smallest absolute Gasteiger partial charge is 0.220 e. The van der Waals surface area contributed by atoms with Crippen LogP contribution in [0.25, 0.3) is 0 Å². The highest BCUT2D eigenvalue weighted by Gasteiger charge is 2.25. The molecule has 1 aromatic rings. The number of anilines is 1. The van der Waals surface area contributed by atoms with Crippen LogP contribution in [0.15, 0.2) is 18.3 Å². The van der Waals surface area contributed by atoms with E-state index in [4.69, 9.17) is 5.73 Å². The van der Waals surface area contributed by atoms with E-state index < -0.39 is 0 Å². The number of nitrogens with zero attached hydrogens (tertiary/aromatic N) is 2. The van der Waals surface area contributed by atoms with Crippen LogP contribution in [0.2, 0.25) is 0 Å². The van der Waals surface area contributed by atoms with Crippen LogP contribution in [0.5, 0.6) is 0 Å². The summed E-state index contributed by atoms with van der Waals surface area (Å²) in [7, 11) is 0. The summed E-state index contributed by atoms with van der Waals surface area (Å²) in [5.74, 6) is 0.864. The molecular weight excluding hydrogens is 264 g/mol. The number of rotatable bonds is 4. The second-order valence-electron chi connectivity index (χ2n) is 6.75. The van der Waals surface area contributed by atoms with Gasteiger partial charge in [0.25, 0.3) is 0 Å². The highest BCUT2D eigenvalue weighted by Crippen LogP contribution is 2.24. The Morgan fingerprint density at radius 2 is 2.10 bits per heavy atom. The third-order valence-electron chi connectivity index (χ3n) is 3.87. The molecule has 1 saturated heterocycles. The maximum atomic E-state index is 11.3. The molecule has 0 unspecified atom stereocenters. The SMILES string of the molecule is CC(C)(C)NCc1cccnc1N1CCC(C(N)=O)CC1. The van der Waals surface area contributed by atoms with E-state index in [1.165, 1.54) is 5.56 Å². The van der Waals surface area contributed by atoms with Crippen LogP contribution in [0.4, 0.5) is 5.82 Å². The molecule has 1 aliphatic rings. The highest BCUT2D eigenvalue weighted by atomic mass is 16.1. The molecule has 0 atom stereocenters. The zero-order valence-electron chi connectivity index (χ0n) is 13.2. The first-order chi connectivity index (χ1) is 9.87. The van der Waals surface area contributed by atoms with E-state index in [1.54, 1.807) is 0 Å². The van der Waals surface area contributed by atoms with E-state index in [0.29, 0.717) is 0 Å². The lowest BCUT2D eigenvalue weighted by Crippen LogP contribution is -2.40. The molecule has 0 bridgehead atoms. The molecule has 0 radical (unpaired) electrons. The number of nitrogens with one attached hydrogen (secondary N) is 1. The van der Waals surface area contributed by atoms with Crippen molar-refractivity contribution in [1.82, 2.24) is 10.3 Å². The Hall–Kier alpha value is -1.62. The van der Waals surface area contributed by atoms with Gasteiger partial charge < -0.3 is 16.0 Å². The third kappa shape index (κ3) is 4.43. The highest BCUT2D eigenvalue weighted by molar-refractivity contribution is 5.77. The number of aromatic nitrogens is 1. The second-order valence-corrected chi connectivity index (χ2v) is 6.75. The lowest BCUT2D eigenvalue weighted by Gasteiger charge is -2.33. The van der Waals surface area contributed by atoms with Gasteiger partial charge in [-0.1, -0.05) is 6.07 Å². The van der Waals surface area contributed by atoms with E-state index in [-0.39, 0.29) is 17.4 Å². The molecule has 1 aromatic heterocycles. The normalized spacial score (nSPS) is 17.0. The van der Waals surface area contributed by atoms with Gasteiger partial charge in [-0.25, -0.2) is 4.98 Å². The van der Waals surface area contributed by atoms with Gasteiger partial charge >= 0.3 is 0 Å². The average molecular weight is 290 g/mol. The van der Waals surface area contributed by atoms with E-state index >= 15 is 0 Å².